The van der Waals surface area contributed by atoms with E-state index in [1.54, 1.807) is 0 Å². The van der Waals surface area contributed by atoms with Gasteiger partial charge < -0.3 is 9.73 Å². The third-order valence-electron chi connectivity index (χ3n) is 2.68. The molecule has 0 bridgehead atoms. The van der Waals surface area contributed by atoms with E-state index in [0.717, 1.165) is 23.8 Å². The monoisotopic (exact) mass is 255 g/mol. The van der Waals surface area contributed by atoms with Crippen LogP contribution in [-0.2, 0) is 23.1 Å². The second-order valence-corrected chi connectivity index (χ2v) is 6.67. The van der Waals surface area contributed by atoms with E-state index in [-0.39, 0.29) is 0 Å². The van der Waals surface area contributed by atoms with Crippen molar-refractivity contribution in [1.82, 2.24) is 5.32 Å². The highest BCUT2D eigenvalue weighted by molar-refractivity contribution is 7.84. The molecule has 0 aromatic carbocycles. The molecule has 1 aliphatic rings. The third-order valence-corrected chi connectivity index (χ3v) is 4.33. The minimum absolute atomic E-state index is 0.474. The Kier molecular flexibility index (Phi) is 4.40. The summed E-state index contributed by atoms with van der Waals surface area (Å²) < 4.78 is 17.4. The van der Waals surface area contributed by atoms with E-state index in [4.69, 9.17) is 4.42 Å². The largest absolute Gasteiger partial charge is 0.464 e. The van der Waals surface area contributed by atoms with Crippen molar-refractivity contribution >= 4 is 10.8 Å². The van der Waals surface area contributed by atoms with Crippen molar-refractivity contribution in [3.63, 3.8) is 0 Å². The summed E-state index contributed by atoms with van der Waals surface area (Å²) in [6, 6.07) is 4.62. The zero-order valence-corrected chi connectivity index (χ0v) is 11.4. The van der Waals surface area contributed by atoms with Crippen LogP contribution in [0.15, 0.2) is 16.5 Å². The predicted octanol–water partition coefficient (Wildman–Crippen LogP) is 2.44. The van der Waals surface area contributed by atoms with E-state index < -0.39 is 10.8 Å². The molecular weight excluding hydrogens is 234 g/mol. The summed E-state index contributed by atoms with van der Waals surface area (Å²) in [5.74, 6) is 3.56. The van der Waals surface area contributed by atoms with Crippen molar-refractivity contribution in [3.05, 3.63) is 23.7 Å². The van der Waals surface area contributed by atoms with Gasteiger partial charge in [0.15, 0.2) is 0 Å². The van der Waals surface area contributed by atoms with Crippen molar-refractivity contribution in [2.75, 3.05) is 5.75 Å². The van der Waals surface area contributed by atoms with Gasteiger partial charge in [-0.1, -0.05) is 13.8 Å². The van der Waals surface area contributed by atoms with Gasteiger partial charge in [0.25, 0.3) is 0 Å². The highest BCUT2D eigenvalue weighted by atomic mass is 32.2. The lowest BCUT2D eigenvalue weighted by Crippen LogP contribution is -2.14. The Balaban J connectivity index is 1.78. The Hall–Kier alpha value is -0.610. The molecule has 2 rings (SSSR count). The van der Waals surface area contributed by atoms with Gasteiger partial charge in [-0.05, 0) is 30.9 Å². The highest BCUT2D eigenvalue weighted by Gasteiger charge is 2.20. The maximum Gasteiger partial charge on any atom is 0.118 e. The molecular formula is C13H21NO2S. The summed E-state index contributed by atoms with van der Waals surface area (Å²) in [4.78, 5) is 0. The fraction of sp³-hybridized carbons (Fsp3) is 0.692. The first-order valence-electron chi connectivity index (χ1n) is 6.29. The zero-order valence-electron chi connectivity index (χ0n) is 10.6. The molecule has 0 spiro atoms. The topological polar surface area (TPSA) is 42.2 Å². The molecule has 1 fully saturated rings. The summed E-state index contributed by atoms with van der Waals surface area (Å²) in [5.41, 5.74) is 0. The van der Waals surface area contributed by atoms with Crippen LogP contribution < -0.4 is 5.32 Å². The van der Waals surface area contributed by atoms with E-state index in [1.165, 1.54) is 12.8 Å². The maximum atomic E-state index is 11.7. The minimum Gasteiger partial charge on any atom is -0.464 e. The number of nitrogens with one attached hydrogen (secondary N) is 1. The second-order valence-electron chi connectivity index (χ2n) is 5.17. The number of rotatable bonds is 7. The van der Waals surface area contributed by atoms with Crippen LogP contribution in [0.1, 0.15) is 38.2 Å². The van der Waals surface area contributed by atoms with Gasteiger partial charge in [-0.3, -0.25) is 4.21 Å². The van der Waals surface area contributed by atoms with Crippen LogP contribution in [0.25, 0.3) is 0 Å². The maximum absolute atomic E-state index is 11.7. The van der Waals surface area contributed by atoms with Crippen LogP contribution in [0.5, 0.6) is 0 Å². The molecule has 0 saturated heterocycles. The van der Waals surface area contributed by atoms with Crippen LogP contribution in [0.3, 0.4) is 0 Å². The minimum atomic E-state index is -0.802. The summed E-state index contributed by atoms with van der Waals surface area (Å²) in [6.45, 7) is 4.97. The van der Waals surface area contributed by atoms with Crippen LogP contribution >= 0.6 is 0 Å². The molecule has 4 heteroatoms. The van der Waals surface area contributed by atoms with Gasteiger partial charge in [-0.2, -0.15) is 0 Å². The Bertz CT molecular complexity index is 383. The normalized spacial score (nSPS) is 17.6. The molecule has 3 nitrogen and oxygen atoms in total. The van der Waals surface area contributed by atoms with E-state index in [0.29, 0.717) is 17.7 Å². The van der Waals surface area contributed by atoms with E-state index in [9.17, 15) is 4.21 Å². The lowest BCUT2D eigenvalue weighted by Gasteiger charge is -2.03. The average molecular weight is 255 g/mol. The summed E-state index contributed by atoms with van der Waals surface area (Å²) in [5, 5.41) is 3.40. The van der Waals surface area contributed by atoms with E-state index in [2.05, 4.69) is 19.2 Å². The van der Waals surface area contributed by atoms with Crippen LogP contribution in [0, 0.1) is 5.92 Å². The molecule has 17 heavy (non-hydrogen) atoms. The van der Waals surface area contributed by atoms with Crippen LogP contribution in [0.2, 0.25) is 0 Å². The smallest absolute Gasteiger partial charge is 0.118 e. The Morgan fingerprint density at radius 2 is 2.12 bits per heavy atom. The quantitative estimate of drug-likeness (QED) is 0.813. The van der Waals surface area contributed by atoms with Gasteiger partial charge in [0.1, 0.15) is 11.5 Å². The lowest BCUT2D eigenvalue weighted by atomic mass is 10.3. The first-order valence-corrected chi connectivity index (χ1v) is 7.78. The Morgan fingerprint density at radius 3 is 2.76 bits per heavy atom. The standard InChI is InChI=1S/C13H21NO2S/c1-10(2)8-17(15)9-13-6-5-12(16-13)7-14-11-3-4-11/h5-6,10-11,14H,3-4,7-9H2,1-2H3. The predicted molar refractivity (Wildman–Crippen MR) is 70.1 cm³/mol. The van der Waals surface area contributed by atoms with Crippen LogP contribution in [0.4, 0.5) is 0 Å². The SMILES string of the molecule is CC(C)CS(=O)Cc1ccc(CNC2CC2)o1. The number of hydrogen-bond acceptors (Lipinski definition) is 3. The highest BCUT2D eigenvalue weighted by Crippen LogP contribution is 2.20. The van der Waals surface area contributed by atoms with E-state index >= 15 is 0 Å². The van der Waals surface area contributed by atoms with Gasteiger partial charge in [-0.25, -0.2) is 0 Å². The number of hydrogen-bond donors (Lipinski definition) is 1. The van der Waals surface area contributed by atoms with Gasteiger partial charge >= 0.3 is 0 Å². The summed E-state index contributed by atoms with van der Waals surface area (Å²) >= 11 is 0. The van der Waals surface area contributed by atoms with E-state index in [1.807, 2.05) is 12.1 Å². The molecule has 1 aliphatic carbocycles. The molecule has 1 aromatic heterocycles. The molecule has 1 heterocycles. The zero-order chi connectivity index (χ0) is 12.3. The molecule has 0 amide bonds. The Morgan fingerprint density at radius 1 is 1.41 bits per heavy atom. The van der Waals surface area contributed by atoms with Crippen LogP contribution in [-0.4, -0.2) is 16.0 Å². The third kappa shape index (κ3) is 4.64. The van der Waals surface area contributed by atoms with Crippen molar-refractivity contribution in [2.24, 2.45) is 5.92 Å². The molecule has 0 radical (unpaired) electrons. The lowest BCUT2D eigenvalue weighted by molar-refractivity contribution is 0.457. The summed E-state index contributed by atoms with van der Waals surface area (Å²) in [7, 11) is -0.802. The first-order chi connectivity index (χ1) is 8.13. The molecule has 1 N–H and O–H groups in total. The summed E-state index contributed by atoms with van der Waals surface area (Å²) in [6.07, 6.45) is 2.57. The van der Waals surface area contributed by atoms with Gasteiger partial charge in [0.2, 0.25) is 0 Å². The molecule has 1 saturated carbocycles. The van der Waals surface area contributed by atoms with Gasteiger partial charge in [0, 0.05) is 22.6 Å². The van der Waals surface area contributed by atoms with Crippen molar-refractivity contribution in [1.29, 1.82) is 0 Å². The van der Waals surface area contributed by atoms with Gasteiger partial charge in [-0.15, -0.1) is 0 Å². The van der Waals surface area contributed by atoms with Crippen molar-refractivity contribution < 1.29 is 8.63 Å². The average Bonchev–Trinajstić information content (AvgIpc) is 2.96. The molecule has 96 valence electrons. The fourth-order valence-electron chi connectivity index (χ4n) is 1.72. The molecule has 0 aliphatic heterocycles. The van der Waals surface area contributed by atoms with Crippen molar-refractivity contribution in [3.8, 4) is 0 Å². The molecule has 1 aromatic rings. The van der Waals surface area contributed by atoms with Crippen molar-refractivity contribution in [2.45, 2.75) is 45.0 Å². The molecule has 1 unspecified atom stereocenters. The second kappa shape index (κ2) is 5.83. The van der Waals surface area contributed by atoms with Gasteiger partial charge in [0.05, 0.1) is 12.3 Å². The first kappa shape index (κ1) is 12.8. The fourth-order valence-corrected chi connectivity index (χ4v) is 3.05. The number of furan rings is 1. The molecule has 1 atom stereocenters. The Labute approximate surface area is 105 Å².